The molecular formula is C19H19ClF2N4O2S. The van der Waals surface area contributed by atoms with E-state index in [1.165, 1.54) is 22.4 Å². The molecule has 6 nitrogen and oxygen atoms in total. The third-order valence-electron chi connectivity index (χ3n) is 3.51. The number of rotatable bonds is 5. The summed E-state index contributed by atoms with van der Waals surface area (Å²) in [6.07, 6.45) is -0.314. The quantitative estimate of drug-likeness (QED) is 0.457. The average Bonchev–Trinajstić information content (AvgIpc) is 3.17. The Balaban J connectivity index is 0.00000145. The predicted molar refractivity (Wildman–Crippen MR) is 109 cm³/mol. The number of benzene rings is 1. The lowest BCUT2D eigenvalue weighted by Gasteiger charge is -2.08. The van der Waals surface area contributed by atoms with Crippen LogP contribution in [0.25, 0.3) is 5.65 Å². The van der Waals surface area contributed by atoms with E-state index >= 15 is 0 Å². The fourth-order valence-electron chi connectivity index (χ4n) is 2.25. The van der Waals surface area contributed by atoms with Gasteiger partial charge in [0.1, 0.15) is 5.69 Å². The van der Waals surface area contributed by atoms with E-state index in [-0.39, 0.29) is 5.69 Å². The molecule has 0 atom stereocenters. The van der Waals surface area contributed by atoms with Crippen molar-refractivity contribution in [1.29, 1.82) is 0 Å². The van der Waals surface area contributed by atoms with Gasteiger partial charge in [0.15, 0.2) is 5.65 Å². The Labute approximate surface area is 175 Å². The highest BCUT2D eigenvalue weighted by Gasteiger charge is 2.19. The van der Waals surface area contributed by atoms with Crippen molar-refractivity contribution in [1.82, 2.24) is 20.2 Å². The van der Waals surface area contributed by atoms with Crippen molar-refractivity contribution in [2.45, 2.75) is 30.9 Å². The maximum Gasteiger partial charge on any atom is 0.317 e. The second kappa shape index (κ2) is 10.8. The average molecular weight is 441 g/mol. The van der Waals surface area contributed by atoms with Crippen molar-refractivity contribution < 1.29 is 18.4 Å². The lowest BCUT2D eigenvalue weighted by molar-refractivity contribution is -0.132. The van der Waals surface area contributed by atoms with Gasteiger partial charge in [-0.3, -0.25) is 24.8 Å². The van der Waals surface area contributed by atoms with E-state index in [9.17, 15) is 18.4 Å². The van der Waals surface area contributed by atoms with E-state index in [4.69, 9.17) is 11.6 Å². The molecule has 0 aliphatic rings. The summed E-state index contributed by atoms with van der Waals surface area (Å²) in [5.74, 6) is -1.70. The molecule has 2 amide bonds. The number of nitrogens with one attached hydrogen (secondary N) is 2. The highest BCUT2D eigenvalue weighted by Crippen LogP contribution is 2.28. The SMILES string of the molecule is CC.O=C(NNC(=O)C(F)F)c1cnc2c(Cl)cc(SCc3ccccc3)cn12. The van der Waals surface area contributed by atoms with Crippen molar-refractivity contribution in [3.8, 4) is 0 Å². The number of pyridine rings is 1. The highest BCUT2D eigenvalue weighted by atomic mass is 35.5. The number of imidazole rings is 1. The third kappa shape index (κ3) is 5.91. The van der Waals surface area contributed by atoms with E-state index in [2.05, 4.69) is 4.98 Å². The van der Waals surface area contributed by atoms with Gasteiger partial charge in [-0.15, -0.1) is 11.8 Å². The molecule has 0 unspecified atom stereocenters. The van der Waals surface area contributed by atoms with Crippen molar-refractivity contribution >= 4 is 40.8 Å². The zero-order valence-corrected chi connectivity index (χ0v) is 17.2. The molecule has 2 heterocycles. The summed E-state index contributed by atoms with van der Waals surface area (Å²) in [5.41, 5.74) is 5.08. The number of nitrogens with zero attached hydrogens (tertiary/aromatic N) is 2. The number of hydrogen-bond acceptors (Lipinski definition) is 4. The van der Waals surface area contributed by atoms with Gasteiger partial charge in [0, 0.05) is 16.8 Å². The number of hydrazine groups is 1. The summed E-state index contributed by atoms with van der Waals surface area (Å²) in [5, 5.41) is 0.337. The minimum absolute atomic E-state index is 0.0450. The largest absolute Gasteiger partial charge is 0.317 e. The summed E-state index contributed by atoms with van der Waals surface area (Å²) in [4.78, 5) is 27.9. The molecule has 0 radical (unpaired) electrons. The monoisotopic (exact) mass is 440 g/mol. The maximum atomic E-state index is 12.2. The first-order valence-electron chi connectivity index (χ1n) is 8.67. The van der Waals surface area contributed by atoms with Gasteiger partial charge in [-0.25, -0.2) is 4.98 Å². The number of thioether (sulfide) groups is 1. The molecule has 3 aromatic rings. The van der Waals surface area contributed by atoms with Crippen LogP contribution in [-0.4, -0.2) is 27.6 Å². The van der Waals surface area contributed by atoms with Crippen LogP contribution < -0.4 is 10.9 Å². The van der Waals surface area contributed by atoms with Gasteiger partial charge in [-0.2, -0.15) is 8.78 Å². The standard InChI is InChI=1S/C17H13ClF2N4O2S.C2H6/c18-12-6-11(27-9-10-4-2-1-3-5-10)8-24-13(7-21-15(12)24)16(25)22-23-17(26)14(19)20;1-2/h1-8,14H,9H2,(H,22,25)(H,23,26);1-2H3. The van der Waals surface area contributed by atoms with E-state index < -0.39 is 18.2 Å². The van der Waals surface area contributed by atoms with Gasteiger partial charge in [-0.1, -0.05) is 55.8 Å². The maximum absolute atomic E-state index is 12.2. The number of alkyl halides is 2. The lowest BCUT2D eigenvalue weighted by Crippen LogP contribution is -2.44. The number of fused-ring (bicyclic) bond motifs is 1. The molecule has 2 aromatic heterocycles. The Kier molecular flexibility index (Phi) is 8.41. The van der Waals surface area contributed by atoms with Gasteiger partial charge in [0.05, 0.1) is 11.2 Å². The second-order valence-corrected chi connectivity index (χ2v) is 6.84. The van der Waals surface area contributed by atoms with Crippen molar-refractivity contribution in [2.24, 2.45) is 0 Å². The predicted octanol–water partition coefficient (Wildman–Crippen LogP) is 4.33. The molecule has 0 aliphatic heterocycles. The second-order valence-electron chi connectivity index (χ2n) is 5.38. The van der Waals surface area contributed by atoms with Crippen LogP contribution >= 0.6 is 23.4 Å². The van der Waals surface area contributed by atoms with Crippen LogP contribution in [0.4, 0.5) is 8.78 Å². The van der Waals surface area contributed by atoms with Gasteiger partial charge in [0.25, 0.3) is 5.91 Å². The Morgan fingerprint density at radius 2 is 1.90 bits per heavy atom. The molecule has 0 bridgehead atoms. The van der Waals surface area contributed by atoms with E-state index in [0.717, 1.165) is 10.5 Å². The fraction of sp³-hybridized carbons (Fsp3) is 0.211. The topological polar surface area (TPSA) is 75.5 Å². The van der Waals surface area contributed by atoms with Gasteiger partial charge < -0.3 is 0 Å². The molecule has 1 aromatic carbocycles. The third-order valence-corrected chi connectivity index (χ3v) is 4.83. The minimum atomic E-state index is -3.23. The summed E-state index contributed by atoms with van der Waals surface area (Å²) in [6, 6.07) is 11.5. The molecule has 3 rings (SSSR count). The van der Waals surface area contributed by atoms with Crippen LogP contribution in [0.15, 0.2) is 53.7 Å². The van der Waals surface area contributed by atoms with E-state index in [1.807, 2.05) is 49.6 Å². The smallest absolute Gasteiger partial charge is 0.293 e. The van der Waals surface area contributed by atoms with Gasteiger partial charge in [0.2, 0.25) is 0 Å². The molecule has 2 N–H and O–H groups in total. The number of amides is 2. The van der Waals surface area contributed by atoms with Crippen LogP contribution in [0.2, 0.25) is 5.02 Å². The zero-order valence-electron chi connectivity index (χ0n) is 15.7. The lowest BCUT2D eigenvalue weighted by atomic mass is 10.2. The Morgan fingerprint density at radius 3 is 2.55 bits per heavy atom. The molecule has 10 heteroatoms. The van der Waals surface area contributed by atoms with Crippen molar-refractivity contribution in [3.63, 3.8) is 0 Å². The first-order valence-corrected chi connectivity index (χ1v) is 10.0. The summed E-state index contributed by atoms with van der Waals surface area (Å²) < 4.78 is 25.9. The fourth-order valence-corrected chi connectivity index (χ4v) is 3.48. The normalized spacial score (nSPS) is 10.4. The summed E-state index contributed by atoms with van der Waals surface area (Å²) in [7, 11) is 0. The number of aromatic nitrogens is 2. The van der Waals surface area contributed by atoms with Crippen LogP contribution in [-0.2, 0) is 10.5 Å². The van der Waals surface area contributed by atoms with E-state index in [0.29, 0.717) is 16.4 Å². The number of halogens is 3. The van der Waals surface area contributed by atoms with E-state index in [1.54, 1.807) is 17.7 Å². The Morgan fingerprint density at radius 1 is 1.21 bits per heavy atom. The van der Waals surface area contributed by atoms with Crippen molar-refractivity contribution in [3.05, 3.63) is 65.1 Å². The first kappa shape index (κ1) is 22.6. The summed E-state index contributed by atoms with van der Waals surface area (Å²) in [6.45, 7) is 4.00. The molecule has 154 valence electrons. The molecule has 0 aliphatic carbocycles. The molecule has 0 saturated heterocycles. The van der Waals surface area contributed by atoms with Crippen LogP contribution in [0, 0.1) is 0 Å². The zero-order chi connectivity index (χ0) is 21.4. The minimum Gasteiger partial charge on any atom is -0.293 e. The van der Waals surface area contributed by atoms with Crippen LogP contribution in [0.1, 0.15) is 29.9 Å². The molecule has 29 heavy (non-hydrogen) atoms. The van der Waals surface area contributed by atoms with Crippen molar-refractivity contribution in [2.75, 3.05) is 0 Å². The highest BCUT2D eigenvalue weighted by molar-refractivity contribution is 7.98. The van der Waals surface area contributed by atoms with Crippen LogP contribution in [0.3, 0.4) is 0 Å². The Bertz CT molecular complexity index is 983. The first-order chi connectivity index (χ1) is 14.0. The van der Waals surface area contributed by atoms with Gasteiger partial charge >= 0.3 is 12.3 Å². The van der Waals surface area contributed by atoms with Crippen LogP contribution in [0.5, 0.6) is 0 Å². The molecule has 0 saturated carbocycles. The Hall–Kier alpha value is -2.65. The molecule has 0 spiro atoms. The summed E-state index contributed by atoms with van der Waals surface area (Å²) >= 11 is 7.75. The molecule has 0 fully saturated rings. The number of hydrogen-bond donors (Lipinski definition) is 2. The number of carbonyl (C=O) groups excluding carboxylic acids is 2. The van der Waals surface area contributed by atoms with Gasteiger partial charge in [-0.05, 0) is 11.6 Å². The number of carbonyl (C=O) groups is 2. The molecular weight excluding hydrogens is 422 g/mol.